The molecule has 0 spiro atoms. The molecule has 216 valence electrons. The van der Waals surface area contributed by atoms with Crippen molar-refractivity contribution in [3.63, 3.8) is 0 Å². The molecule has 0 aromatic carbocycles. The van der Waals surface area contributed by atoms with Crippen molar-refractivity contribution < 1.29 is 38.9 Å². The van der Waals surface area contributed by atoms with Gasteiger partial charge in [-0.2, -0.15) is 5.10 Å². The van der Waals surface area contributed by atoms with Gasteiger partial charge < -0.3 is 34.4 Å². The lowest BCUT2D eigenvalue weighted by atomic mass is 10.1. The number of amides is 2. The third kappa shape index (κ3) is 6.45. The van der Waals surface area contributed by atoms with E-state index in [0.717, 1.165) is 35.4 Å². The van der Waals surface area contributed by atoms with Crippen LogP contribution in [0.2, 0.25) is 0 Å². The maximum Gasteiger partial charge on any atom is 0.414 e. The van der Waals surface area contributed by atoms with Gasteiger partial charge in [0.1, 0.15) is 18.0 Å². The van der Waals surface area contributed by atoms with Crippen LogP contribution in [0.25, 0.3) is 16.8 Å². The second-order valence-electron chi connectivity index (χ2n) is 9.85. The maximum atomic E-state index is 12.6. The number of aliphatic carboxylic acids is 2. The molecule has 2 saturated heterocycles. The SMILES string of the molecule is CN1C[C@@H](OC(=O)N2CCN(c3ccn4ncc(-c5cccnc5OC5CC5)c4n3)CC2)CC1=O.O=C(O)C(=O)O. The fraction of sp³-hybridized carbons (Fsp3) is 0.423. The van der Waals surface area contributed by atoms with Crippen LogP contribution in [0.15, 0.2) is 36.8 Å². The quantitative estimate of drug-likeness (QED) is 0.418. The Morgan fingerprint density at radius 1 is 1.00 bits per heavy atom. The van der Waals surface area contributed by atoms with Crippen LogP contribution in [0.3, 0.4) is 0 Å². The zero-order valence-corrected chi connectivity index (χ0v) is 22.3. The van der Waals surface area contributed by atoms with E-state index in [9.17, 15) is 9.59 Å². The Bertz CT molecular complexity index is 1450. The summed E-state index contributed by atoms with van der Waals surface area (Å²) in [5, 5.41) is 19.2. The highest BCUT2D eigenvalue weighted by Gasteiger charge is 2.32. The normalized spacial score (nSPS) is 18.6. The van der Waals surface area contributed by atoms with E-state index in [1.54, 1.807) is 33.8 Å². The molecule has 3 aliphatic rings. The number of likely N-dealkylation sites (N-methyl/N-ethyl adjacent to an activating group) is 1. The summed E-state index contributed by atoms with van der Waals surface area (Å²) in [4.78, 5) is 57.2. The molecular formula is C26H29N7O8. The molecule has 6 rings (SSSR count). The van der Waals surface area contributed by atoms with E-state index in [-0.39, 0.29) is 30.6 Å². The number of likely N-dealkylation sites (tertiary alicyclic amines) is 1. The first-order valence-electron chi connectivity index (χ1n) is 13.1. The molecule has 0 unspecified atom stereocenters. The number of piperazine rings is 1. The number of hydrogen-bond donors (Lipinski definition) is 2. The topological polar surface area (TPSA) is 180 Å². The van der Waals surface area contributed by atoms with Crippen LogP contribution >= 0.6 is 0 Å². The zero-order chi connectivity index (χ0) is 29.1. The fourth-order valence-electron chi connectivity index (χ4n) is 4.50. The number of nitrogens with zero attached hydrogens (tertiary/aromatic N) is 7. The average molecular weight is 568 g/mol. The van der Waals surface area contributed by atoms with E-state index in [4.69, 9.17) is 34.3 Å². The van der Waals surface area contributed by atoms with Crippen molar-refractivity contribution in [1.29, 1.82) is 0 Å². The highest BCUT2D eigenvalue weighted by Crippen LogP contribution is 2.35. The van der Waals surface area contributed by atoms with Gasteiger partial charge in [0.2, 0.25) is 11.8 Å². The summed E-state index contributed by atoms with van der Waals surface area (Å²) in [6.45, 7) is 2.77. The predicted octanol–water partition coefficient (Wildman–Crippen LogP) is 0.977. The van der Waals surface area contributed by atoms with Crippen molar-refractivity contribution >= 4 is 35.4 Å². The molecule has 5 heterocycles. The summed E-state index contributed by atoms with van der Waals surface area (Å²) in [5.41, 5.74) is 2.48. The Morgan fingerprint density at radius 2 is 1.73 bits per heavy atom. The molecule has 0 radical (unpaired) electrons. The first-order valence-corrected chi connectivity index (χ1v) is 13.1. The smallest absolute Gasteiger partial charge is 0.414 e. The summed E-state index contributed by atoms with van der Waals surface area (Å²) in [7, 11) is 1.72. The summed E-state index contributed by atoms with van der Waals surface area (Å²) < 4.78 is 13.3. The molecule has 2 aliphatic heterocycles. The highest BCUT2D eigenvalue weighted by molar-refractivity contribution is 6.27. The summed E-state index contributed by atoms with van der Waals surface area (Å²) >= 11 is 0. The standard InChI is InChI=1S/C24H27N7O4.C2H2O4/c1-28-15-17(13-21(28)32)35-24(33)30-11-9-29(10-12-30)20-6-8-31-22(27-20)19(14-26-31)18-3-2-7-25-23(18)34-16-4-5-16;3-1(4)2(5)6/h2-3,6-8,14,16-17H,4-5,9-13,15H2,1H3;(H,3,4)(H,5,6)/t17-;/m0./s1. The second-order valence-corrected chi connectivity index (χ2v) is 9.85. The van der Waals surface area contributed by atoms with Gasteiger partial charge in [0.25, 0.3) is 0 Å². The molecule has 0 bridgehead atoms. The Morgan fingerprint density at radius 3 is 2.37 bits per heavy atom. The second kappa shape index (κ2) is 11.7. The third-order valence-electron chi connectivity index (χ3n) is 6.84. The largest absolute Gasteiger partial charge is 0.474 e. The number of anilines is 1. The molecular weight excluding hydrogens is 538 g/mol. The Labute approximate surface area is 233 Å². The lowest BCUT2D eigenvalue weighted by molar-refractivity contribution is -0.159. The van der Waals surface area contributed by atoms with Crippen molar-refractivity contribution in [3.8, 4) is 17.0 Å². The van der Waals surface area contributed by atoms with Gasteiger partial charge in [-0.1, -0.05) is 0 Å². The molecule has 1 atom stereocenters. The fourth-order valence-corrected chi connectivity index (χ4v) is 4.50. The predicted molar refractivity (Wildman–Crippen MR) is 141 cm³/mol. The van der Waals surface area contributed by atoms with E-state index in [1.165, 1.54) is 0 Å². The Balaban J connectivity index is 0.000000511. The first-order chi connectivity index (χ1) is 19.7. The molecule has 3 fully saturated rings. The Kier molecular flexibility index (Phi) is 7.85. The molecule has 1 saturated carbocycles. The van der Waals surface area contributed by atoms with Crippen molar-refractivity contribution in [2.75, 3.05) is 44.7 Å². The van der Waals surface area contributed by atoms with Gasteiger partial charge in [0.15, 0.2) is 5.65 Å². The summed E-state index contributed by atoms with van der Waals surface area (Å²) in [6, 6.07) is 5.80. The number of fused-ring (bicyclic) bond motifs is 1. The third-order valence-corrected chi connectivity index (χ3v) is 6.84. The van der Waals surface area contributed by atoms with Crippen LogP contribution in [0.4, 0.5) is 10.6 Å². The molecule has 15 nitrogen and oxygen atoms in total. The van der Waals surface area contributed by atoms with Gasteiger partial charge in [-0.15, -0.1) is 0 Å². The van der Waals surface area contributed by atoms with Gasteiger partial charge in [-0.25, -0.2) is 28.9 Å². The van der Waals surface area contributed by atoms with Crippen LogP contribution in [0, 0.1) is 0 Å². The maximum absolute atomic E-state index is 12.6. The number of ether oxygens (including phenoxy) is 2. The minimum atomic E-state index is -1.82. The van der Waals surface area contributed by atoms with Gasteiger partial charge in [-0.05, 0) is 31.0 Å². The van der Waals surface area contributed by atoms with Crippen LogP contribution in [-0.4, -0.2) is 116 Å². The van der Waals surface area contributed by atoms with Crippen molar-refractivity contribution in [2.24, 2.45) is 0 Å². The molecule has 41 heavy (non-hydrogen) atoms. The first kappa shape index (κ1) is 27.6. The number of carbonyl (C=O) groups excluding carboxylic acids is 2. The molecule has 2 amide bonds. The van der Waals surface area contributed by atoms with Crippen LogP contribution in [0.1, 0.15) is 19.3 Å². The van der Waals surface area contributed by atoms with Gasteiger partial charge >= 0.3 is 18.0 Å². The number of carbonyl (C=O) groups is 4. The van der Waals surface area contributed by atoms with Crippen molar-refractivity contribution in [1.82, 2.24) is 29.4 Å². The molecule has 3 aromatic heterocycles. The summed E-state index contributed by atoms with van der Waals surface area (Å²) in [6.07, 6.45) is 7.30. The number of aromatic nitrogens is 4. The molecule has 15 heteroatoms. The monoisotopic (exact) mass is 567 g/mol. The number of pyridine rings is 1. The van der Waals surface area contributed by atoms with Gasteiger partial charge in [0, 0.05) is 51.2 Å². The molecule has 3 aromatic rings. The van der Waals surface area contributed by atoms with Gasteiger partial charge in [-0.3, -0.25) is 4.79 Å². The zero-order valence-electron chi connectivity index (χ0n) is 22.3. The van der Waals surface area contributed by atoms with E-state index in [1.807, 2.05) is 24.4 Å². The van der Waals surface area contributed by atoms with E-state index in [0.29, 0.717) is 38.6 Å². The van der Waals surface area contributed by atoms with Crippen LogP contribution < -0.4 is 9.64 Å². The van der Waals surface area contributed by atoms with Gasteiger partial charge in [0.05, 0.1) is 24.7 Å². The van der Waals surface area contributed by atoms with E-state index in [2.05, 4.69) is 15.0 Å². The average Bonchev–Trinajstić information content (AvgIpc) is 3.59. The highest BCUT2D eigenvalue weighted by atomic mass is 16.6. The number of rotatable bonds is 5. The molecule has 2 N–H and O–H groups in total. The number of hydrogen-bond acceptors (Lipinski definition) is 10. The number of carboxylic acids is 2. The van der Waals surface area contributed by atoms with Crippen LogP contribution in [0.5, 0.6) is 5.88 Å². The molecule has 1 aliphatic carbocycles. The summed E-state index contributed by atoms with van der Waals surface area (Å²) in [5.74, 6) is -2.21. The van der Waals surface area contributed by atoms with Crippen molar-refractivity contribution in [3.05, 3.63) is 36.8 Å². The lowest BCUT2D eigenvalue weighted by Gasteiger charge is -2.35. The van der Waals surface area contributed by atoms with Crippen LogP contribution in [-0.2, 0) is 19.1 Å². The van der Waals surface area contributed by atoms with E-state index < -0.39 is 11.9 Å². The minimum Gasteiger partial charge on any atom is -0.474 e. The number of carboxylic acid groups (broad SMARTS) is 2. The van der Waals surface area contributed by atoms with Crippen molar-refractivity contribution in [2.45, 2.75) is 31.5 Å². The lowest BCUT2D eigenvalue weighted by Crippen LogP contribution is -2.49. The van der Waals surface area contributed by atoms with E-state index >= 15 is 0 Å². The minimum absolute atomic E-state index is 0.00540. The Hall–Kier alpha value is -4.95.